The van der Waals surface area contributed by atoms with Crippen LogP contribution in [0.15, 0.2) is 45.6 Å². The van der Waals surface area contributed by atoms with Gasteiger partial charge in [-0.15, -0.1) is 0 Å². The molecule has 2 atom stereocenters. The summed E-state index contributed by atoms with van der Waals surface area (Å²) < 4.78 is 1.61. The minimum absolute atomic E-state index is 0.0959. The normalized spacial score (nSPS) is 19.3. The Morgan fingerprint density at radius 3 is 2.72 bits per heavy atom. The number of nitrogens with zero attached hydrogens (tertiary/aromatic N) is 5. The third-order valence-corrected chi connectivity index (χ3v) is 6.42. The first kappa shape index (κ1) is 21.8. The molecule has 0 saturated heterocycles. The fraction of sp³-hybridized carbons (Fsp3) is 0.375. The second-order valence-corrected chi connectivity index (χ2v) is 8.33. The first-order valence-electron chi connectivity index (χ1n) is 10.8. The Morgan fingerprint density at radius 2 is 2.09 bits per heavy atom. The number of aryl methyl sites for hydroxylation is 1. The molecule has 1 aliphatic carbocycles. The molecule has 3 aromatic rings. The van der Waals surface area contributed by atoms with Crippen molar-refractivity contribution in [2.75, 3.05) is 7.05 Å². The van der Waals surface area contributed by atoms with E-state index < -0.39 is 6.10 Å². The van der Waals surface area contributed by atoms with E-state index in [0.717, 1.165) is 47.0 Å². The van der Waals surface area contributed by atoms with Crippen LogP contribution in [-0.2, 0) is 6.42 Å². The zero-order valence-corrected chi connectivity index (χ0v) is 18.6. The summed E-state index contributed by atoms with van der Waals surface area (Å²) >= 11 is 0. The first-order valence-corrected chi connectivity index (χ1v) is 10.8. The molecule has 0 unspecified atom stereocenters. The molecule has 0 radical (unpaired) electrons. The van der Waals surface area contributed by atoms with Crippen molar-refractivity contribution in [3.8, 4) is 0 Å². The molecule has 0 aliphatic heterocycles. The summed E-state index contributed by atoms with van der Waals surface area (Å²) in [4.78, 5) is 26.3. The lowest BCUT2D eigenvalue weighted by atomic mass is 9.95. The third-order valence-electron chi connectivity index (χ3n) is 6.42. The highest BCUT2D eigenvalue weighted by atomic mass is 16.3. The van der Waals surface area contributed by atoms with Gasteiger partial charge in [0.25, 0.3) is 5.56 Å². The lowest BCUT2D eigenvalue weighted by Crippen LogP contribution is -2.29. The summed E-state index contributed by atoms with van der Waals surface area (Å²) in [5, 5.41) is 14.6. The van der Waals surface area contributed by atoms with E-state index in [0.29, 0.717) is 23.2 Å². The molecule has 1 fully saturated rings. The minimum Gasteiger partial charge on any atom is -0.391 e. The van der Waals surface area contributed by atoms with Crippen LogP contribution in [0, 0.1) is 13.8 Å². The van der Waals surface area contributed by atoms with Crippen LogP contribution in [0.3, 0.4) is 0 Å². The Labute approximate surface area is 186 Å². The monoisotopic (exact) mass is 432 g/mol. The van der Waals surface area contributed by atoms with Crippen LogP contribution in [0.1, 0.15) is 53.3 Å². The van der Waals surface area contributed by atoms with Gasteiger partial charge >= 0.3 is 0 Å². The van der Waals surface area contributed by atoms with E-state index >= 15 is 0 Å². The molecule has 0 amide bonds. The average Bonchev–Trinajstić information content (AvgIpc) is 3.22. The van der Waals surface area contributed by atoms with Gasteiger partial charge in [-0.1, -0.05) is 6.07 Å². The average molecular weight is 433 g/mol. The second kappa shape index (κ2) is 9.00. The molecule has 3 N–H and O–H groups in total. The van der Waals surface area contributed by atoms with Crippen molar-refractivity contribution in [1.82, 2.24) is 14.5 Å². The highest BCUT2D eigenvalue weighted by molar-refractivity contribution is 6.37. The van der Waals surface area contributed by atoms with Crippen LogP contribution in [0.5, 0.6) is 0 Å². The van der Waals surface area contributed by atoms with Gasteiger partial charge in [-0.2, -0.15) is 5.10 Å². The van der Waals surface area contributed by atoms with Gasteiger partial charge in [0.2, 0.25) is 0 Å². The van der Waals surface area contributed by atoms with Gasteiger partial charge in [0.05, 0.1) is 41.3 Å². The molecule has 4 rings (SSSR count). The van der Waals surface area contributed by atoms with E-state index in [1.165, 1.54) is 0 Å². The van der Waals surface area contributed by atoms with E-state index in [1.807, 2.05) is 25.1 Å². The van der Waals surface area contributed by atoms with Gasteiger partial charge in [0, 0.05) is 13.2 Å². The van der Waals surface area contributed by atoms with Crippen molar-refractivity contribution in [2.24, 2.45) is 15.9 Å². The van der Waals surface area contributed by atoms with Crippen LogP contribution in [-0.4, -0.2) is 44.7 Å². The molecule has 166 valence electrons. The van der Waals surface area contributed by atoms with Crippen molar-refractivity contribution in [2.45, 2.75) is 51.7 Å². The number of hydrogen-bond acceptors (Lipinski definition) is 7. The summed E-state index contributed by atoms with van der Waals surface area (Å²) in [6, 6.07) is 5.58. The molecular weight excluding hydrogens is 404 g/mol. The fourth-order valence-electron chi connectivity index (χ4n) is 4.47. The molecule has 2 heterocycles. The van der Waals surface area contributed by atoms with Crippen LogP contribution < -0.4 is 11.4 Å². The Hall–Kier alpha value is -3.39. The number of pyridine rings is 1. The van der Waals surface area contributed by atoms with E-state index in [-0.39, 0.29) is 11.6 Å². The Bertz CT molecular complexity index is 1260. The number of aliphatic hydroxyl groups excluding tert-OH is 1. The summed E-state index contributed by atoms with van der Waals surface area (Å²) in [6.45, 7) is 4.05. The van der Waals surface area contributed by atoms with Gasteiger partial charge in [0.1, 0.15) is 5.71 Å². The lowest BCUT2D eigenvalue weighted by molar-refractivity contribution is 0.134. The molecule has 1 aromatic carbocycles. The van der Waals surface area contributed by atoms with Gasteiger partial charge in [-0.25, -0.2) is 4.98 Å². The van der Waals surface area contributed by atoms with Crippen LogP contribution in [0.4, 0.5) is 0 Å². The number of aliphatic hydroxyl groups is 1. The standard InChI is InChI=1S/C24H28N6O2/c1-14-15(2)23-18(24(32)30(13-28-23)21-5-4-6-22(21)31)10-17(14)9-16-7-8-19(27-11-16)20(29-25)12-26-3/h7-8,10-13,21-22,31H,4-6,9,25H2,1-3H3/t21-,22-/m0/s1. The highest BCUT2D eigenvalue weighted by Crippen LogP contribution is 2.30. The van der Waals surface area contributed by atoms with Crippen LogP contribution in [0.25, 0.3) is 10.9 Å². The number of rotatable bonds is 5. The predicted octanol–water partition coefficient (Wildman–Crippen LogP) is 2.45. The van der Waals surface area contributed by atoms with Crippen LogP contribution >= 0.6 is 0 Å². The molecule has 1 aliphatic rings. The molecule has 2 aromatic heterocycles. The van der Waals surface area contributed by atoms with Crippen molar-refractivity contribution in [1.29, 1.82) is 0 Å². The van der Waals surface area contributed by atoms with E-state index in [4.69, 9.17) is 5.84 Å². The molecule has 32 heavy (non-hydrogen) atoms. The number of hydrogen-bond donors (Lipinski definition) is 2. The quantitative estimate of drug-likeness (QED) is 0.365. The maximum absolute atomic E-state index is 13.3. The zero-order chi connectivity index (χ0) is 22.8. The van der Waals surface area contributed by atoms with Crippen molar-refractivity contribution < 1.29 is 5.11 Å². The number of aliphatic imine (C=N–C) groups is 1. The van der Waals surface area contributed by atoms with Crippen molar-refractivity contribution in [3.05, 3.63) is 69.0 Å². The molecule has 0 bridgehead atoms. The van der Waals surface area contributed by atoms with Crippen LogP contribution in [0.2, 0.25) is 0 Å². The maximum Gasteiger partial charge on any atom is 0.261 e. The highest BCUT2D eigenvalue weighted by Gasteiger charge is 2.28. The molecule has 8 nitrogen and oxygen atoms in total. The Morgan fingerprint density at radius 1 is 1.28 bits per heavy atom. The summed E-state index contributed by atoms with van der Waals surface area (Å²) in [5.74, 6) is 5.43. The molecule has 1 saturated carbocycles. The minimum atomic E-state index is -0.498. The van der Waals surface area contributed by atoms with Crippen molar-refractivity contribution in [3.63, 3.8) is 0 Å². The SMILES string of the molecule is CN=CC(=NN)c1ccc(Cc2cc3c(=O)n([C@H]4CCC[C@@H]4O)cnc3c(C)c2C)cn1. The Balaban J connectivity index is 1.72. The smallest absolute Gasteiger partial charge is 0.261 e. The summed E-state index contributed by atoms with van der Waals surface area (Å²) in [5.41, 5.74) is 5.95. The molecule has 8 heteroatoms. The van der Waals surface area contributed by atoms with Gasteiger partial charge in [-0.3, -0.25) is 19.3 Å². The number of aromatic nitrogens is 3. The van der Waals surface area contributed by atoms with E-state index in [9.17, 15) is 9.90 Å². The zero-order valence-electron chi connectivity index (χ0n) is 18.6. The third kappa shape index (κ3) is 3.93. The largest absolute Gasteiger partial charge is 0.391 e. The number of benzene rings is 1. The molecular formula is C24H28N6O2. The number of nitrogens with two attached hydrogens (primary N) is 1. The summed E-state index contributed by atoms with van der Waals surface area (Å²) in [7, 11) is 1.65. The number of fused-ring (bicyclic) bond motifs is 1. The van der Waals surface area contributed by atoms with Gasteiger partial charge in [0.15, 0.2) is 0 Å². The molecule has 0 spiro atoms. The maximum atomic E-state index is 13.3. The Kier molecular flexibility index (Phi) is 6.14. The van der Waals surface area contributed by atoms with Crippen molar-refractivity contribution >= 4 is 22.8 Å². The van der Waals surface area contributed by atoms with Gasteiger partial charge < -0.3 is 10.9 Å². The predicted molar refractivity (Wildman–Crippen MR) is 127 cm³/mol. The number of hydrazone groups is 1. The lowest BCUT2D eigenvalue weighted by Gasteiger charge is -2.19. The van der Waals surface area contributed by atoms with E-state index in [2.05, 4.69) is 27.0 Å². The fourth-order valence-corrected chi connectivity index (χ4v) is 4.47. The van der Waals surface area contributed by atoms with Gasteiger partial charge in [-0.05, 0) is 73.9 Å². The summed E-state index contributed by atoms with van der Waals surface area (Å²) in [6.07, 6.45) is 7.51. The second-order valence-electron chi connectivity index (χ2n) is 8.33. The van der Waals surface area contributed by atoms with E-state index in [1.54, 1.807) is 30.4 Å². The topological polar surface area (TPSA) is 119 Å². The first-order chi connectivity index (χ1) is 15.4.